The molecule has 0 aliphatic carbocycles. The molecule has 0 fully saturated rings. The lowest BCUT2D eigenvalue weighted by molar-refractivity contribution is -0.125. The standard InChI is InChI=1S/C21H20FN3O2/c1-24-17-13-25(12-11-14-5-3-2-4-6-14)20(26)18(17)19(23-21(24)27)15-7-9-16(22)10-8-15/h2-10,19H,11-13H2,1H3,(H,23,27)/t19-/m1/s1. The first-order valence-electron chi connectivity index (χ1n) is 8.90. The summed E-state index contributed by atoms with van der Waals surface area (Å²) in [5, 5.41) is 2.86. The van der Waals surface area contributed by atoms with Gasteiger partial charge in [-0.1, -0.05) is 42.5 Å². The minimum absolute atomic E-state index is 0.0814. The van der Waals surface area contributed by atoms with Crippen LogP contribution in [0.4, 0.5) is 9.18 Å². The van der Waals surface area contributed by atoms with Crippen molar-refractivity contribution in [2.24, 2.45) is 0 Å². The molecule has 2 aromatic rings. The number of urea groups is 1. The fraction of sp³-hybridized carbons (Fsp3) is 0.238. The van der Waals surface area contributed by atoms with Crippen molar-refractivity contribution in [3.63, 3.8) is 0 Å². The summed E-state index contributed by atoms with van der Waals surface area (Å²) < 4.78 is 13.3. The molecule has 0 saturated carbocycles. The highest BCUT2D eigenvalue weighted by Crippen LogP contribution is 2.35. The van der Waals surface area contributed by atoms with Crippen molar-refractivity contribution in [1.29, 1.82) is 0 Å². The SMILES string of the molecule is CN1C(=O)N[C@H](c2ccc(F)cc2)C2=C1CN(CCc1ccccc1)C2=O. The lowest BCUT2D eigenvalue weighted by Gasteiger charge is -2.31. The summed E-state index contributed by atoms with van der Waals surface area (Å²) in [6.45, 7) is 0.983. The second-order valence-corrected chi connectivity index (χ2v) is 6.82. The Morgan fingerprint density at radius 1 is 1.07 bits per heavy atom. The largest absolute Gasteiger partial charge is 0.333 e. The average Bonchev–Trinajstić information content (AvgIpc) is 3.01. The number of hydrogen-bond donors (Lipinski definition) is 1. The number of amides is 3. The predicted molar refractivity (Wildman–Crippen MR) is 99.2 cm³/mol. The van der Waals surface area contributed by atoms with Crippen LogP contribution in [0.5, 0.6) is 0 Å². The third-order valence-corrected chi connectivity index (χ3v) is 5.15. The van der Waals surface area contributed by atoms with Crippen LogP contribution in [0.1, 0.15) is 17.2 Å². The molecule has 0 aromatic heterocycles. The number of halogens is 1. The maximum Gasteiger partial charge on any atom is 0.322 e. The zero-order chi connectivity index (χ0) is 19.0. The molecule has 4 rings (SSSR count). The van der Waals surface area contributed by atoms with E-state index in [9.17, 15) is 14.0 Å². The number of rotatable bonds is 4. The van der Waals surface area contributed by atoms with Gasteiger partial charge in [-0.2, -0.15) is 0 Å². The van der Waals surface area contributed by atoms with E-state index in [2.05, 4.69) is 5.32 Å². The molecule has 5 nitrogen and oxygen atoms in total. The quantitative estimate of drug-likeness (QED) is 0.906. The fourth-order valence-corrected chi connectivity index (χ4v) is 3.62. The van der Waals surface area contributed by atoms with Crippen LogP contribution in [-0.2, 0) is 11.2 Å². The number of benzene rings is 2. The monoisotopic (exact) mass is 365 g/mol. The predicted octanol–water partition coefficient (Wildman–Crippen LogP) is 2.86. The summed E-state index contributed by atoms with van der Waals surface area (Å²) in [7, 11) is 1.67. The van der Waals surface area contributed by atoms with E-state index in [0.717, 1.165) is 12.0 Å². The molecule has 27 heavy (non-hydrogen) atoms. The van der Waals surface area contributed by atoms with Crippen molar-refractivity contribution in [3.05, 3.63) is 82.8 Å². The van der Waals surface area contributed by atoms with Gasteiger partial charge in [0.25, 0.3) is 5.91 Å². The topological polar surface area (TPSA) is 52.7 Å². The van der Waals surface area contributed by atoms with Gasteiger partial charge in [-0.25, -0.2) is 9.18 Å². The van der Waals surface area contributed by atoms with E-state index >= 15 is 0 Å². The summed E-state index contributed by atoms with van der Waals surface area (Å²) >= 11 is 0. The van der Waals surface area contributed by atoms with Crippen LogP contribution >= 0.6 is 0 Å². The Labute approximate surface area is 157 Å². The van der Waals surface area contributed by atoms with Gasteiger partial charge in [-0.05, 0) is 29.7 Å². The van der Waals surface area contributed by atoms with Crippen LogP contribution in [0.25, 0.3) is 0 Å². The Balaban J connectivity index is 1.59. The second kappa shape index (κ2) is 6.87. The first-order valence-corrected chi connectivity index (χ1v) is 8.90. The highest BCUT2D eigenvalue weighted by Gasteiger charge is 2.42. The van der Waals surface area contributed by atoms with Crippen LogP contribution in [0.15, 0.2) is 65.9 Å². The molecule has 0 bridgehead atoms. The smallest absolute Gasteiger partial charge is 0.322 e. The highest BCUT2D eigenvalue weighted by molar-refractivity contribution is 6.01. The lowest BCUT2D eigenvalue weighted by atomic mass is 9.96. The van der Waals surface area contributed by atoms with E-state index in [-0.39, 0.29) is 17.8 Å². The molecule has 0 radical (unpaired) electrons. The number of carbonyl (C=O) groups excluding carboxylic acids is 2. The molecule has 2 aliphatic heterocycles. The Bertz CT molecular complexity index is 909. The van der Waals surface area contributed by atoms with E-state index in [4.69, 9.17) is 0 Å². The Kier molecular flexibility index (Phi) is 4.39. The van der Waals surface area contributed by atoms with Gasteiger partial charge in [0.2, 0.25) is 0 Å². The minimum Gasteiger partial charge on any atom is -0.333 e. The molecule has 0 saturated heterocycles. The first-order chi connectivity index (χ1) is 13.0. The van der Waals surface area contributed by atoms with Crippen LogP contribution in [0, 0.1) is 5.82 Å². The maximum atomic E-state index is 13.3. The summed E-state index contributed by atoms with van der Waals surface area (Å²) in [6, 6.07) is 15.1. The van der Waals surface area contributed by atoms with E-state index in [1.54, 1.807) is 24.1 Å². The summed E-state index contributed by atoms with van der Waals surface area (Å²) in [5.74, 6) is -0.434. The zero-order valence-corrected chi connectivity index (χ0v) is 15.0. The van der Waals surface area contributed by atoms with E-state index in [1.165, 1.54) is 17.0 Å². The van der Waals surface area contributed by atoms with Gasteiger partial charge in [0.1, 0.15) is 5.82 Å². The fourth-order valence-electron chi connectivity index (χ4n) is 3.62. The van der Waals surface area contributed by atoms with Crippen LogP contribution in [0.2, 0.25) is 0 Å². The highest BCUT2D eigenvalue weighted by atomic mass is 19.1. The Hall–Kier alpha value is -3.15. The van der Waals surface area contributed by atoms with Crippen molar-refractivity contribution < 1.29 is 14.0 Å². The minimum atomic E-state index is -0.557. The molecule has 1 atom stereocenters. The van der Waals surface area contributed by atoms with E-state index in [0.29, 0.717) is 29.9 Å². The molecule has 2 heterocycles. The van der Waals surface area contributed by atoms with Gasteiger partial charge in [-0.3, -0.25) is 9.69 Å². The average molecular weight is 365 g/mol. The summed E-state index contributed by atoms with van der Waals surface area (Å²) in [4.78, 5) is 28.7. The zero-order valence-electron chi connectivity index (χ0n) is 15.0. The third-order valence-electron chi connectivity index (χ3n) is 5.15. The van der Waals surface area contributed by atoms with Gasteiger partial charge < -0.3 is 10.2 Å². The maximum absolute atomic E-state index is 13.3. The number of nitrogens with one attached hydrogen (secondary N) is 1. The van der Waals surface area contributed by atoms with E-state index in [1.807, 2.05) is 30.3 Å². The second-order valence-electron chi connectivity index (χ2n) is 6.82. The van der Waals surface area contributed by atoms with Crippen LogP contribution < -0.4 is 5.32 Å². The molecular formula is C21H20FN3O2. The first kappa shape index (κ1) is 17.3. The van der Waals surface area contributed by atoms with E-state index < -0.39 is 6.04 Å². The van der Waals surface area contributed by atoms with Crippen molar-refractivity contribution in [3.8, 4) is 0 Å². The molecule has 0 unspecified atom stereocenters. The molecule has 138 valence electrons. The molecule has 3 amide bonds. The number of likely N-dealkylation sites (N-methyl/N-ethyl adjacent to an activating group) is 1. The molecule has 2 aliphatic rings. The van der Waals surface area contributed by atoms with Crippen molar-refractivity contribution in [1.82, 2.24) is 15.1 Å². The molecule has 1 N–H and O–H groups in total. The Morgan fingerprint density at radius 2 is 1.78 bits per heavy atom. The van der Waals surface area contributed by atoms with Gasteiger partial charge in [0.15, 0.2) is 0 Å². The van der Waals surface area contributed by atoms with Gasteiger partial charge in [0.05, 0.1) is 23.9 Å². The molecule has 6 heteroatoms. The van der Waals surface area contributed by atoms with Gasteiger partial charge >= 0.3 is 6.03 Å². The summed E-state index contributed by atoms with van der Waals surface area (Å²) in [5.41, 5.74) is 3.14. The van der Waals surface area contributed by atoms with Crippen LogP contribution in [0.3, 0.4) is 0 Å². The lowest BCUT2D eigenvalue weighted by Crippen LogP contribution is -2.45. The summed E-state index contributed by atoms with van der Waals surface area (Å²) in [6.07, 6.45) is 0.749. The van der Waals surface area contributed by atoms with Crippen molar-refractivity contribution in [2.45, 2.75) is 12.5 Å². The molecule has 2 aromatic carbocycles. The third kappa shape index (κ3) is 3.18. The number of hydrogen-bond acceptors (Lipinski definition) is 2. The van der Waals surface area contributed by atoms with Gasteiger partial charge in [0, 0.05) is 13.6 Å². The van der Waals surface area contributed by atoms with Crippen molar-refractivity contribution in [2.75, 3.05) is 20.1 Å². The molecular weight excluding hydrogens is 345 g/mol. The van der Waals surface area contributed by atoms with Crippen LogP contribution in [-0.4, -0.2) is 41.9 Å². The molecule has 0 spiro atoms. The number of nitrogens with zero attached hydrogens (tertiary/aromatic N) is 2. The number of carbonyl (C=O) groups is 2. The van der Waals surface area contributed by atoms with Gasteiger partial charge in [-0.15, -0.1) is 0 Å². The van der Waals surface area contributed by atoms with Crippen molar-refractivity contribution >= 4 is 11.9 Å². The Morgan fingerprint density at radius 3 is 2.48 bits per heavy atom. The normalized spacial score (nSPS) is 19.4.